The molecule has 4 rings (SSSR count). The Kier molecular flexibility index (Phi) is 3.34. The smallest absolute Gasteiger partial charge is 0.228 e. The van der Waals surface area contributed by atoms with E-state index >= 15 is 0 Å². The lowest BCUT2D eigenvalue weighted by Crippen LogP contribution is -2.17. The van der Waals surface area contributed by atoms with Gasteiger partial charge < -0.3 is 14.6 Å². The molecule has 3 aromatic rings. The number of carbonyl (C=O) groups is 1. The van der Waals surface area contributed by atoms with Gasteiger partial charge in [-0.25, -0.2) is 0 Å². The van der Waals surface area contributed by atoms with Crippen LogP contribution in [0.15, 0.2) is 42.5 Å². The minimum atomic E-state index is -0.149. The van der Waals surface area contributed by atoms with Crippen molar-refractivity contribution in [3.8, 4) is 17.0 Å². The van der Waals surface area contributed by atoms with E-state index in [-0.39, 0.29) is 12.0 Å². The summed E-state index contributed by atoms with van der Waals surface area (Å²) in [6.45, 7) is 4.05. The Morgan fingerprint density at radius 2 is 2.00 bits per heavy atom. The number of carbonyl (C=O) groups excluding carboxylic acids is 1. The number of aryl methyl sites for hydroxylation is 2. The van der Waals surface area contributed by atoms with Crippen LogP contribution in [0.5, 0.6) is 5.75 Å². The summed E-state index contributed by atoms with van der Waals surface area (Å²) < 4.78 is 8.28. The van der Waals surface area contributed by atoms with E-state index in [4.69, 9.17) is 4.74 Å². The topological polar surface area (TPSA) is 43.3 Å². The first-order valence-electron chi connectivity index (χ1n) is 8.19. The molecular weight excluding hydrogens is 300 g/mol. The quantitative estimate of drug-likeness (QED) is 0.728. The average Bonchev–Trinajstić information content (AvgIpc) is 2.79. The second-order valence-electron chi connectivity index (χ2n) is 6.46. The van der Waals surface area contributed by atoms with Gasteiger partial charge in [-0.05, 0) is 43.7 Å². The van der Waals surface area contributed by atoms with Crippen LogP contribution in [0.1, 0.15) is 18.9 Å². The number of amides is 1. The van der Waals surface area contributed by atoms with Crippen LogP contribution in [-0.4, -0.2) is 16.6 Å². The molecule has 24 heavy (non-hydrogen) atoms. The van der Waals surface area contributed by atoms with Crippen LogP contribution in [0.2, 0.25) is 0 Å². The van der Waals surface area contributed by atoms with E-state index in [1.165, 1.54) is 16.5 Å². The molecule has 2 aromatic carbocycles. The maximum absolute atomic E-state index is 12.0. The molecule has 2 heterocycles. The SMILES string of the molecule is Cc1cccc2c1cc(-c1cccc3c1O[C@H](C)CC(=O)N3)n2C. The molecule has 122 valence electrons. The minimum Gasteiger partial charge on any atom is -0.487 e. The minimum absolute atomic E-state index is 0.00807. The van der Waals surface area contributed by atoms with E-state index in [1.54, 1.807) is 0 Å². The lowest BCUT2D eigenvalue weighted by molar-refractivity contribution is -0.117. The Labute approximate surface area is 141 Å². The van der Waals surface area contributed by atoms with Gasteiger partial charge in [0.05, 0.1) is 17.8 Å². The molecule has 1 N–H and O–H groups in total. The first-order chi connectivity index (χ1) is 11.5. The number of anilines is 1. The molecule has 0 aliphatic carbocycles. The summed E-state index contributed by atoms with van der Waals surface area (Å²) in [4.78, 5) is 12.0. The highest BCUT2D eigenvalue weighted by Crippen LogP contribution is 2.40. The summed E-state index contributed by atoms with van der Waals surface area (Å²) in [7, 11) is 2.06. The van der Waals surface area contributed by atoms with Gasteiger partial charge in [-0.3, -0.25) is 4.79 Å². The van der Waals surface area contributed by atoms with E-state index < -0.39 is 0 Å². The van der Waals surface area contributed by atoms with Crippen LogP contribution in [0.25, 0.3) is 22.2 Å². The third-order valence-electron chi connectivity index (χ3n) is 4.66. The van der Waals surface area contributed by atoms with E-state index in [0.717, 1.165) is 22.7 Å². The number of fused-ring (bicyclic) bond motifs is 2. The van der Waals surface area contributed by atoms with Crippen LogP contribution < -0.4 is 10.1 Å². The second-order valence-corrected chi connectivity index (χ2v) is 6.46. The van der Waals surface area contributed by atoms with Gasteiger partial charge in [0.2, 0.25) is 5.91 Å². The van der Waals surface area contributed by atoms with Crippen molar-refractivity contribution >= 4 is 22.5 Å². The molecule has 0 bridgehead atoms. The maximum atomic E-state index is 12.0. The van der Waals surface area contributed by atoms with Gasteiger partial charge in [0.25, 0.3) is 0 Å². The largest absolute Gasteiger partial charge is 0.487 e. The van der Waals surface area contributed by atoms with Gasteiger partial charge in [0, 0.05) is 23.5 Å². The average molecular weight is 320 g/mol. The van der Waals surface area contributed by atoms with E-state index in [0.29, 0.717) is 6.42 Å². The molecule has 0 unspecified atom stereocenters. The summed E-state index contributed by atoms with van der Waals surface area (Å²) in [5.41, 5.74) is 5.26. The molecule has 1 aromatic heterocycles. The highest BCUT2D eigenvalue weighted by atomic mass is 16.5. The monoisotopic (exact) mass is 320 g/mol. The van der Waals surface area contributed by atoms with Crippen molar-refractivity contribution in [3.63, 3.8) is 0 Å². The Morgan fingerprint density at radius 3 is 2.79 bits per heavy atom. The third-order valence-corrected chi connectivity index (χ3v) is 4.66. The van der Waals surface area contributed by atoms with Gasteiger partial charge in [0.1, 0.15) is 6.10 Å². The Hall–Kier alpha value is -2.75. The highest BCUT2D eigenvalue weighted by Gasteiger charge is 2.23. The molecule has 1 atom stereocenters. The highest BCUT2D eigenvalue weighted by molar-refractivity contribution is 5.97. The molecule has 0 radical (unpaired) electrons. The van der Waals surface area contributed by atoms with Crippen molar-refractivity contribution < 1.29 is 9.53 Å². The van der Waals surface area contributed by atoms with Crippen molar-refractivity contribution in [2.24, 2.45) is 7.05 Å². The van der Waals surface area contributed by atoms with Gasteiger partial charge in [-0.15, -0.1) is 0 Å². The molecule has 0 spiro atoms. The zero-order valence-electron chi connectivity index (χ0n) is 14.1. The number of hydrogen-bond acceptors (Lipinski definition) is 2. The van der Waals surface area contributed by atoms with Crippen molar-refractivity contribution in [1.29, 1.82) is 0 Å². The third kappa shape index (κ3) is 2.26. The van der Waals surface area contributed by atoms with E-state index in [9.17, 15) is 4.79 Å². The molecule has 1 aliphatic heterocycles. The standard InChI is InChI=1S/C20H20N2O2/c1-12-6-4-9-17-15(12)11-18(22(17)3)14-7-5-8-16-20(14)24-13(2)10-19(23)21-16/h4-9,11,13H,10H2,1-3H3,(H,21,23)/t13-/m1/s1. The molecule has 0 saturated heterocycles. The molecule has 1 amide bonds. The first kappa shape index (κ1) is 14.8. The molecule has 1 aliphatic rings. The van der Waals surface area contributed by atoms with Crippen molar-refractivity contribution in [2.45, 2.75) is 26.4 Å². The maximum Gasteiger partial charge on any atom is 0.228 e. The number of aromatic nitrogens is 1. The molecule has 0 saturated carbocycles. The van der Waals surface area contributed by atoms with Crippen molar-refractivity contribution in [1.82, 2.24) is 4.57 Å². The van der Waals surface area contributed by atoms with Gasteiger partial charge in [0.15, 0.2) is 5.75 Å². The number of ether oxygens (including phenoxy) is 1. The number of para-hydroxylation sites is 1. The summed E-state index contributed by atoms with van der Waals surface area (Å²) in [5, 5.41) is 4.19. The fourth-order valence-electron chi connectivity index (χ4n) is 3.44. The normalized spacial score (nSPS) is 17.1. The van der Waals surface area contributed by atoms with Gasteiger partial charge >= 0.3 is 0 Å². The van der Waals surface area contributed by atoms with Gasteiger partial charge in [-0.1, -0.05) is 18.2 Å². The van der Waals surface area contributed by atoms with Crippen LogP contribution in [0, 0.1) is 6.92 Å². The molecular formula is C20H20N2O2. The Morgan fingerprint density at radius 1 is 1.21 bits per heavy atom. The summed E-state index contributed by atoms with van der Waals surface area (Å²) in [6, 6.07) is 14.4. The van der Waals surface area contributed by atoms with Gasteiger partial charge in [-0.2, -0.15) is 0 Å². The molecule has 4 heteroatoms. The summed E-state index contributed by atoms with van der Waals surface area (Å²) in [6.07, 6.45) is 0.214. The Bertz CT molecular complexity index is 956. The second kappa shape index (κ2) is 5.41. The first-order valence-corrected chi connectivity index (χ1v) is 8.19. The predicted octanol–water partition coefficient (Wildman–Crippen LogP) is 4.26. The molecule has 0 fully saturated rings. The van der Waals surface area contributed by atoms with Crippen molar-refractivity contribution in [2.75, 3.05) is 5.32 Å². The van der Waals surface area contributed by atoms with Crippen LogP contribution in [0.4, 0.5) is 5.69 Å². The summed E-state index contributed by atoms with van der Waals surface area (Å²) >= 11 is 0. The summed E-state index contributed by atoms with van der Waals surface area (Å²) in [5.74, 6) is 0.741. The lowest BCUT2D eigenvalue weighted by atomic mass is 10.1. The van der Waals surface area contributed by atoms with Crippen LogP contribution in [-0.2, 0) is 11.8 Å². The predicted molar refractivity (Wildman–Crippen MR) is 96.4 cm³/mol. The van der Waals surface area contributed by atoms with E-state index in [1.807, 2.05) is 25.1 Å². The zero-order chi connectivity index (χ0) is 16.8. The fourth-order valence-corrected chi connectivity index (χ4v) is 3.44. The molecule has 4 nitrogen and oxygen atoms in total. The van der Waals surface area contributed by atoms with Crippen LogP contribution in [0.3, 0.4) is 0 Å². The number of nitrogens with one attached hydrogen (secondary N) is 1. The van der Waals surface area contributed by atoms with Crippen molar-refractivity contribution in [3.05, 3.63) is 48.0 Å². The van der Waals surface area contributed by atoms with Crippen LogP contribution >= 0.6 is 0 Å². The Balaban J connectivity index is 1.96. The number of benzene rings is 2. The fraction of sp³-hybridized carbons (Fsp3) is 0.250. The zero-order valence-corrected chi connectivity index (χ0v) is 14.1. The number of rotatable bonds is 1. The number of nitrogens with zero attached hydrogens (tertiary/aromatic N) is 1. The number of hydrogen-bond donors (Lipinski definition) is 1. The van der Waals surface area contributed by atoms with E-state index in [2.05, 4.69) is 48.1 Å². The lowest BCUT2D eigenvalue weighted by Gasteiger charge is -2.16.